The summed E-state index contributed by atoms with van der Waals surface area (Å²) in [5.41, 5.74) is 1.48. The van der Waals surface area contributed by atoms with Crippen LogP contribution in [-0.2, 0) is 19.1 Å². The second-order valence-corrected chi connectivity index (χ2v) is 8.98. The predicted molar refractivity (Wildman–Crippen MR) is 125 cm³/mol. The molecular weight excluding hydrogens is 434 g/mol. The maximum Gasteiger partial charge on any atom is 0.338 e. The van der Waals surface area contributed by atoms with Gasteiger partial charge in [0, 0.05) is 17.2 Å². The van der Waals surface area contributed by atoms with Crippen LogP contribution in [0, 0.1) is 23.7 Å². The van der Waals surface area contributed by atoms with Crippen LogP contribution in [0.3, 0.4) is 0 Å². The van der Waals surface area contributed by atoms with Gasteiger partial charge in [-0.25, -0.2) is 4.79 Å². The predicted octanol–water partition coefficient (Wildman–Crippen LogP) is 4.28. The molecule has 0 saturated heterocycles. The summed E-state index contributed by atoms with van der Waals surface area (Å²) in [7, 11) is 0. The van der Waals surface area contributed by atoms with Crippen molar-refractivity contribution in [2.75, 3.05) is 18.5 Å². The van der Waals surface area contributed by atoms with Crippen LogP contribution >= 0.6 is 0 Å². The molecule has 2 aliphatic carbocycles. The van der Waals surface area contributed by atoms with Gasteiger partial charge in [0.25, 0.3) is 5.91 Å². The summed E-state index contributed by atoms with van der Waals surface area (Å²) in [6, 6.07) is 15.4. The second kappa shape index (κ2) is 10.6. The lowest BCUT2D eigenvalue weighted by Gasteiger charge is -2.28. The number of nitrogens with one attached hydrogen (secondary N) is 1. The number of anilines is 1. The lowest BCUT2D eigenvalue weighted by molar-refractivity contribution is -0.154. The molecule has 1 N–H and O–H groups in total. The average Bonchev–Trinajstić information content (AvgIpc) is 3.48. The maximum atomic E-state index is 13.1. The van der Waals surface area contributed by atoms with Gasteiger partial charge >= 0.3 is 11.9 Å². The molecule has 34 heavy (non-hydrogen) atoms. The molecule has 4 atom stereocenters. The molecule has 2 saturated carbocycles. The fraction of sp³-hybridized carbons (Fsp3) is 0.407. The summed E-state index contributed by atoms with van der Waals surface area (Å²) < 4.78 is 10.4. The fourth-order valence-electron chi connectivity index (χ4n) is 5.20. The summed E-state index contributed by atoms with van der Waals surface area (Å²) in [6.07, 6.45) is 3.44. The van der Waals surface area contributed by atoms with Crippen molar-refractivity contribution in [2.45, 2.75) is 32.6 Å². The summed E-state index contributed by atoms with van der Waals surface area (Å²) in [6.45, 7) is 1.83. The molecule has 0 radical (unpaired) electrons. The minimum Gasteiger partial charge on any atom is -0.462 e. The molecule has 178 valence electrons. The van der Waals surface area contributed by atoms with Crippen molar-refractivity contribution in [3.63, 3.8) is 0 Å². The van der Waals surface area contributed by atoms with Crippen LogP contribution in [0.4, 0.5) is 5.69 Å². The number of benzene rings is 2. The molecule has 2 aromatic rings. The van der Waals surface area contributed by atoms with Crippen molar-refractivity contribution < 1.29 is 28.7 Å². The van der Waals surface area contributed by atoms with Gasteiger partial charge in [-0.15, -0.1) is 0 Å². The van der Waals surface area contributed by atoms with Gasteiger partial charge < -0.3 is 14.8 Å². The molecule has 2 aromatic carbocycles. The third-order valence-electron chi connectivity index (χ3n) is 6.74. The number of carbonyl (C=O) groups is 4. The second-order valence-electron chi connectivity index (χ2n) is 8.98. The first-order valence-electron chi connectivity index (χ1n) is 11.8. The standard InChI is InChI=1S/C27H29NO6/c1-2-14-33-26(31)18-10-12-21(13-11-18)28-22(29)16-34-27(32)24-20-9-8-19(15-20)23(24)25(30)17-6-4-3-5-7-17/h3-7,10-13,19-20,23-24H,2,8-9,14-16H2,1H3,(H,28,29)/t19-,20-,23-,24+/m0/s1. The first-order valence-corrected chi connectivity index (χ1v) is 11.8. The molecule has 2 aliphatic rings. The maximum absolute atomic E-state index is 13.1. The van der Waals surface area contributed by atoms with E-state index in [4.69, 9.17) is 9.47 Å². The Balaban J connectivity index is 1.32. The van der Waals surface area contributed by atoms with E-state index in [1.54, 1.807) is 36.4 Å². The summed E-state index contributed by atoms with van der Waals surface area (Å²) in [5.74, 6) is -1.99. The zero-order valence-corrected chi connectivity index (χ0v) is 19.2. The van der Waals surface area contributed by atoms with Crippen molar-refractivity contribution in [2.24, 2.45) is 23.7 Å². The minimum absolute atomic E-state index is 0.0169. The van der Waals surface area contributed by atoms with E-state index < -0.39 is 36.3 Å². The van der Waals surface area contributed by atoms with E-state index in [-0.39, 0.29) is 17.6 Å². The van der Waals surface area contributed by atoms with Crippen LogP contribution < -0.4 is 5.32 Å². The van der Waals surface area contributed by atoms with Crippen molar-refractivity contribution >= 4 is 29.3 Å². The molecule has 7 nitrogen and oxygen atoms in total. The highest BCUT2D eigenvalue weighted by molar-refractivity contribution is 6.01. The van der Waals surface area contributed by atoms with E-state index in [9.17, 15) is 19.2 Å². The van der Waals surface area contributed by atoms with Gasteiger partial charge in [0.2, 0.25) is 0 Å². The molecule has 2 fully saturated rings. The van der Waals surface area contributed by atoms with Crippen molar-refractivity contribution in [3.8, 4) is 0 Å². The Labute approximate surface area is 198 Å². The normalized spacial score (nSPS) is 22.7. The third-order valence-corrected chi connectivity index (χ3v) is 6.74. The minimum atomic E-state index is -0.507. The topological polar surface area (TPSA) is 98.8 Å². The number of rotatable bonds is 9. The average molecular weight is 464 g/mol. The van der Waals surface area contributed by atoms with Crippen LogP contribution in [-0.4, -0.2) is 36.8 Å². The molecule has 0 aromatic heterocycles. The molecule has 0 heterocycles. The first-order chi connectivity index (χ1) is 16.5. The Bertz CT molecular complexity index is 1050. The third kappa shape index (κ3) is 5.19. The van der Waals surface area contributed by atoms with Crippen molar-refractivity contribution in [1.29, 1.82) is 0 Å². The van der Waals surface area contributed by atoms with E-state index in [1.165, 1.54) is 0 Å². The SMILES string of the molecule is CCCOC(=O)c1ccc(NC(=O)COC(=O)[C@@H]2[C@H]3CC[C@@H](C3)[C@@H]2C(=O)c2ccccc2)cc1. The van der Waals surface area contributed by atoms with Crippen molar-refractivity contribution in [3.05, 3.63) is 65.7 Å². The molecule has 0 spiro atoms. The number of hydrogen-bond donors (Lipinski definition) is 1. The largest absolute Gasteiger partial charge is 0.462 e. The highest BCUT2D eigenvalue weighted by atomic mass is 16.5. The Hall–Kier alpha value is -3.48. The Kier molecular flexibility index (Phi) is 7.40. The molecule has 0 aliphatic heterocycles. The van der Waals surface area contributed by atoms with Gasteiger partial charge in [-0.3, -0.25) is 14.4 Å². The van der Waals surface area contributed by atoms with Crippen LogP contribution in [0.1, 0.15) is 53.3 Å². The molecule has 0 unspecified atom stereocenters. The summed E-state index contributed by atoms with van der Waals surface area (Å²) in [4.78, 5) is 50.3. The highest BCUT2D eigenvalue weighted by Gasteiger charge is 2.54. The first kappa shape index (κ1) is 23.7. The number of hydrogen-bond acceptors (Lipinski definition) is 6. The number of Topliss-reactive ketones (excluding diaryl/α,β-unsaturated/α-hetero) is 1. The molecule has 2 bridgehead atoms. The number of amides is 1. The van der Waals surface area contributed by atoms with Crippen LogP contribution in [0.5, 0.6) is 0 Å². The van der Waals surface area contributed by atoms with E-state index >= 15 is 0 Å². The van der Waals surface area contributed by atoms with Crippen LogP contribution in [0.2, 0.25) is 0 Å². The zero-order valence-electron chi connectivity index (χ0n) is 19.2. The van der Waals surface area contributed by atoms with Crippen LogP contribution in [0.25, 0.3) is 0 Å². The highest BCUT2D eigenvalue weighted by Crippen LogP contribution is 2.53. The van der Waals surface area contributed by atoms with Gasteiger partial charge in [0.15, 0.2) is 12.4 Å². The van der Waals surface area contributed by atoms with E-state index in [1.807, 2.05) is 25.1 Å². The van der Waals surface area contributed by atoms with E-state index in [2.05, 4.69) is 5.32 Å². The zero-order chi connectivity index (χ0) is 24.1. The van der Waals surface area contributed by atoms with Gasteiger partial charge in [-0.1, -0.05) is 37.3 Å². The lowest BCUT2D eigenvalue weighted by Crippen LogP contribution is -2.37. The summed E-state index contributed by atoms with van der Waals surface area (Å²) in [5, 5.41) is 2.66. The quantitative estimate of drug-likeness (QED) is 0.440. The number of ether oxygens (including phenoxy) is 2. The molecule has 4 rings (SSSR count). The lowest BCUT2D eigenvalue weighted by atomic mass is 9.75. The summed E-state index contributed by atoms with van der Waals surface area (Å²) >= 11 is 0. The number of ketones is 1. The number of esters is 2. The number of carbonyl (C=O) groups excluding carboxylic acids is 4. The van der Waals surface area contributed by atoms with E-state index in [0.29, 0.717) is 23.4 Å². The Morgan fingerprint density at radius 1 is 0.853 bits per heavy atom. The Morgan fingerprint density at radius 3 is 2.21 bits per heavy atom. The van der Waals surface area contributed by atoms with Crippen LogP contribution in [0.15, 0.2) is 54.6 Å². The molecule has 1 amide bonds. The molecule has 7 heteroatoms. The monoisotopic (exact) mass is 463 g/mol. The van der Waals surface area contributed by atoms with Gasteiger partial charge in [-0.2, -0.15) is 0 Å². The van der Waals surface area contributed by atoms with Crippen molar-refractivity contribution in [1.82, 2.24) is 0 Å². The smallest absolute Gasteiger partial charge is 0.338 e. The Morgan fingerprint density at radius 2 is 1.53 bits per heavy atom. The van der Waals surface area contributed by atoms with Gasteiger partial charge in [0.1, 0.15) is 0 Å². The van der Waals surface area contributed by atoms with E-state index in [0.717, 1.165) is 25.7 Å². The number of fused-ring (bicyclic) bond motifs is 2. The van der Waals surface area contributed by atoms with Gasteiger partial charge in [0.05, 0.1) is 18.1 Å². The fourth-order valence-corrected chi connectivity index (χ4v) is 5.20. The molecular formula is C27H29NO6. The van der Waals surface area contributed by atoms with Gasteiger partial charge in [-0.05, 0) is 61.8 Å².